The number of aliphatic carboxylic acids is 1. The maximum atomic E-state index is 10.7. The lowest BCUT2D eigenvalue weighted by Gasteiger charge is -2.14. The van der Waals surface area contributed by atoms with Gasteiger partial charge in [-0.15, -0.1) is 0 Å². The molecule has 0 amide bonds. The molecule has 0 fully saturated rings. The first-order valence-electron chi connectivity index (χ1n) is 6.11. The highest BCUT2D eigenvalue weighted by Gasteiger charge is 2.10. The molecule has 1 atom stereocenters. The molecule has 0 aliphatic carbocycles. The Kier molecular flexibility index (Phi) is 5.29. The Labute approximate surface area is 111 Å². The second-order valence-corrected chi connectivity index (χ2v) is 4.67. The first-order valence-corrected chi connectivity index (χ1v) is 6.11. The Hall–Kier alpha value is -2.11. The van der Waals surface area contributed by atoms with E-state index < -0.39 is 10.9 Å². The van der Waals surface area contributed by atoms with Crippen molar-refractivity contribution < 1.29 is 14.8 Å². The number of hydrogen-bond donors (Lipinski definition) is 2. The first kappa shape index (κ1) is 14.9. The molecule has 1 aromatic carbocycles. The van der Waals surface area contributed by atoms with Gasteiger partial charge in [0.25, 0.3) is 5.69 Å². The summed E-state index contributed by atoms with van der Waals surface area (Å²) in [5, 5.41) is 22.4. The predicted molar refractivity (Wildman–Crippen MR) is 72.4 cm³/mol. The van der Waals surface area contributed by atoms with Crippen LogP contribution in [0.5, 0.6) is 0 Å². The molecule has 0 spiro atoms. The summed E-state index contributed by atoms with van der Waals surface area (Å²) in [5.74, 6) is -0.617. The molecule has 104 valence electrons. The number of nitrogens with zero attached hydrogens (tertiary/aromatic N) is 1. The van der Waals surface area contributed by atoms with Crippen LogP contribution in [0.3, 0.4) is 0 Å². The van der Waals surface area contributed by atoms with E-state index >= 15 is 0 Å². The molecule has 6 heteroatoms. The number of carboxylic acid groups (broad SMARTS) is 1. The third kappa shape index (κ3) is 4.95. The fourth-order valence-electron chi connectivity index (χ4n) is 1.67. The molecular weight excluding hydrogens is 248 g/mol. The number of carbonyl (C=O) groups is 1. The van der Waals surface area contributed by atoms with Crippen LogP contribution in [0.2, 0.25) is 0 Å². The van der Waals surface area contributed by atoms with Gasteiger partial charge < -0.3 is 10.4 Å². The van der Waals surface area contributed by atoms with E-state index in [4.69, 9.17) is 5.11 Å². The molecule has 0 aliphatic rings. The molecule has 2 N–H and O–H groups in total. The highest BCUT2D eigenvalue weighted by molar-refractivity contribution is 5.66. The van der Waals surface area contributed by atoms with Crippen LogP contribution in [0.15, 0.2) is 18.2 Å². The molecule has 6 nitrogen and oxygen atoms in total. The molecule has 0 aromatic heterocycles. The summed E-state index contributed by atoms with van der Waals surface area (Å²) >= 11 is 0. The van der Waals surface area contributed by atoms with Crippen LogP contribution in [0.25, 0.3) is 0 Å². The van der Waals surface area contributed by atoms with Gasteiger partial charge in [-0.3, -0.25) is 14.9 Å². The van der Waals surface area contributed by atoms with E-state index in [0.29, 0.717) is 13.0 Å². The van der Waals surface area contributed by atoms with Crippen molar-refractivity contribution in [3.05, 3.63) is 33.9 Å². The maximum Gasteiger partial charge on any atom is 0.303 e. The van der Waals surface area contributed by atoms with Gasteiger partial charge in [-0.05, 0) is 24.8 Å². The van der Waals surface area contributed by atoms with E-state index in [0.717, 1.165) is 11.3 Å². The fraction of sp³-hybridized carbons (Fsp3) is 0.462. The Morgan fingerprint density at radius 2 is 2.21 bits per heavy atom. The van der Waals surface area contributed by atoms with E-state index in [1.165, 1.54) is 12.1 Å². The van der Waals surface area contributed by atoms with Gasteiger partial charge in [-0.2, -0.15) is 0 Å². The number of aryl methyl sites for hydroxylation is 1. The van der Waals surface area contributed by atoms with E-state index in [1.54, 1.807) is 6.07 Å². The molecule has 0 saturated heterocycles. The van der Waals surface area contributed by atoms with Crippen molar-refractivity contribution in [1.29, 1.82) is 0 Å². The summed E-state index contributed by atoms with van der Waals surface area (Å²) in [7, 11) is 0. The molecule has 0 heterocycles. The summed E-state index contributed by atoms with van der Waals surface area (Å²) < 4.78 is 0. The second-order valence-electron chi connectivity index (χ2n) is 4.67. The summed E-state index contributed by atoms with van der Waals surface area (Å²) in [5.41, 5.74) is 1.69. The SMILES string of the molecule is Cc1ccc([N+](=O)[O-])cc1NCC(C)CCC(=O)O. The monoisotopic (exact) mass is 266 g/mol. The van der Waals surface area contributed by atoms with Crippen LogP contribution in [-0.4, -0.2) is 22.5 Å². The minimum absolute atomic E-state index is 0.0475. The van der Waals surface area contributed by atoms with Crippen molar-refractivity contribution in [3.8, 4) is 0 Å². The number of hydrogen-bond acceptors (Lipinski definition) is 4. The zero-order valence-corrected chi connectivity index (χ0v) is 11.0. The second kappa shape index (κ2) is 6.72. The first-order chi connectivity index (χ1) is 8.90. The molecule has 1 rings (SSSR count). The number of anilines is 1. The summed E-state index contributed by atoms with van der Waals surface area (Å²) in [6.07, 6.45) is 0.715. The van der Waals surface area contributed by atoms with Crippen LogP contribution < -0.4 is 5.32 Å². The topological polar surface area (TPSA) is 92.5 Å². The number of carboxylic acids is 1. The van der Waals surface area contributed by atoms with Crippen LogP contribution >= 0.6 is 0 Å². The lowest BCUT2D eigenvalue weighted by Crippen LogP contribution is -2.13. The van der Waals surface area contributed by atoms with Crippen molar-refractivity contribution in [2.24, 2.45) is 5.92 Å². The highest BCUT2D eigenvalue weighted by atomic mass is 16.6. The van der Waals surface area contributed by atoms with Crippen molar-refractivity contribution in [2.75, 3.05) is 11.9 Å². The van der Waals surface area contributed by atoms with Gasteiger partial charge in [0.05, 0.1) is 4.92 Å². The van der Waals surface area contributed by atoms with E-state index in [2.05, 4.69) is 5.32 Å². The lowest BCUT2D eigenvalue weighted by molar-refractivity contribution is -0.384. The van der Waals surface area contributed by atoms with Crippen molar-refractivity contribution in [1.82, 2.24) is 0 Å². The van der Waals surface area contributed by atoms with E-state index in [1.807, 2.05) is 13.8 Å². The average molecular weight is 266 g/mol. The Morgan fingerprint density at radius 3 is 2.79 bits per heavy atom. The number of rotatable bonds is 7. The molecule has 1 unspecified atom stereocenters. The number of benzene rings is 1. The maximum absolute atomic E-state index is 10.7. The standard InChI is InChI=1S/C13H18N2O4/c1-9(3-6-13(16)17)8-14-12-7-11(15(18)19)5-4-10(12)2/h4-5,7,9,14H,3,6,8H2,1-2H3,(H,16,17). The fourth-order valence-corrected chi connectivity index (χ4v) is 1.67. The zero-order valence-electron chi connectivity index (χ0n) is 11.0. The number of nitro benzene ring substituents is 1. The molecule has 0 aliphatic heterocycles. The van der Waals surface area contributed by atoms with Crippen LogP contribution in [0, 0.1) is 23.0 Å². The summed E-state index contributed by atoms with van der Waals surface area (Å²) in [6.45, 7) is 4.41. The number of nitrogens with one attached hydrogen (secondary N) is 1. The van der Waals surface area contributed by atoms with Crippen LogP contribution in [0.4, 0.5) is 11.4 Å². The molecule has 0 radical (unpaired) electrons. The predicted octanol–water partition coefficient (Wildman–Crippen LogP) is 2.82. The molecule has 0 saturated carbocycles. The number of non-ortho nitro benzene ring substituents is 1. The number of nitro groups is 1. The van der Waals surface area contributed by atoms with Crippen molar-refractivity contribution in [3.63, 3.8) is 0 Å². The van der Waals surface area contributed by atoms with Gasteiger partial charge in [0.2, 0.25) is 0 Å². The Morgan fingerprint density at radius 1 is 1.53 bits per heavy atom. The summed E-state index contributed by atoms with van der Waals surface area (Å²) in [6, 6.07) is 4.66. The molecule has 0 bridgehead atoms. The van der Waals surface area contributed by atoms with Gasteiger partial charge in [0.15, 0.2) is 0 Å². The quantitative estimate of drug-likeness (QED) is 0.584. The third-order valence-corrected chi connectivity index (χ3v) is 2.92. The van der Waals surface area contributed by atoms with Gasteiger partial charge in [0.1, 0.15) is 0 Å². The van der Waals surface area contributed by atoms with Gasteiger partial charge in [0, 0.05) is 30.8 Å². The minimum Gasteiger partial charge on any atom is -0.481 e. The Bertz CT molecular complexity index is 474. The largest absolute Gasteiger partial charge is 0.481 e. The van der Waals surface area contributed by atoms with Crippen molar-refractivity contribution in [2.45, 2.75) is 26.7 Å². The minimum atomic E-state index is -0.807. The highest BCUT2D eigenvalue weighted by Crippen LogP contribution is 2.22. The molecular formula is C13H18N2O4. The van der Waals surface area contributed by atoms with Crippen LogP contribution in [0.1, 0.15) is 25.3 Å². The Balaban J connectivity index is 2.59. The average Bonchev–Trinajstić information content (AvgIpc) is 2.35. The molecule has 1 aromatic rings. The summed E-state index contributed by atoms with van der Waals surface area (Å²) in [4.78, 5) is 20.7. The van der Waals surface area contributed by atoms with Crippen LogP contribution in [-0.2, 0) is 4.79 Å². The smallest absolute Gasteiger partial charge is 0.303 e. The normalized spacial score (nSPS) is 11.9. The van der Waals surface area contributed by atoms with Crippen molar-refractivity contribution >= 4 is 17.3 Å². The van der Waals surface area contributed by atoms with E-state index in [9.17, 15) is 14.9 Å². The van der Waals surface area contributed by atoms with E-state index in [-0.39, 0.29) is 18.0 Å². The third-order valence-electron chi connectivity index (χ3n) is 2.92. The van der Waals surface area contributed by atoms with Gasteiger partial charge >= 0.3 is 5.97 Å². The van der Waals surface area contributed by atoms with Gasteiger partial charge in [-0.1, -0.05) is 13.0 Å². The molecule has 19 heavy (non-hydrogen) atoms. The zero-order chi connectivity index (χ0) is 14.4. The lowest BCUT2D eigenvalue weighted by atomic mass is 10.1. The van der Waals surface area contributed by atoms with Gasteiger partial charge in [-0.25, -0.2) is 0 Å².